The Hall–Kier alpha value is -2.62. The van der Waals surface area contributed by atoms with Crippen molar-refractivity contribution < 1.29 is 0 Å². The molecule has 4 nitrogen and oxygen atoms in total. The van der Waals surface area contributed by atoms with E-state index in [0.29, 0.717) is 6.54 Å². The average Bonchev–Trinajstić information content (AvgIpc) is 2.96. The first-order valence-electron chi connectivity index (χ1n) is 6.52. The lowest BCUT2D eigenvalue weighted by Crippen LogP contribution is -2.18. The molecule has 20 heavy (non-hydrogen) atoms. The van der Waals surface area contributed by atoms with Gasteiger partial charge in [0.05, 0.1) is 13.1 Å². The largest absolute Gasteiger partial charge is 0.311 e. The second kappa shape index (κ2) is 5.57. The molecule has 2 heterocycles. The maximum atomic E-state index is 11.7. The van der Waals surface area contributed by atoms with Gasteiger partial charge in [-0.3, -0.25) is 9.48 Å². The van der Waals surface area contributed by atoms with Crippen LogP contribution in [0.2, 0.25) is 0 Å². The molecule has 0 spiro atoms. The van der Waals surface area contributed by atoms with Gasteiger partial charge in [0.2, 0.25) is 0 Å². The summed E-state index contributed by atoms with van der Waals surface area (Å²) in [5.41, 5.74) is 2.33. The topological polar surface area (TPSA) is 39.8 Å². The number of hydrogen-bond acceptors (Lipinski definition) is 2. The summed E-state index contributed by atoms with van der Waals surface area (Å²) in [7, 11) is 0. The lowest BCUT2D eigenvalue weighted by molar-refractivity contribution is 0.686. The van der Waals surface area contributed by atoms with E-state index in [1.165, 1.54) is 5.56 Å². The Morgan fingerprint density at radius 3 is 2.25 bits per heavy atom. The molecule has 100 valence electrons. The maximum absolute atomic E-state index is 11.7. The number of rotatable bonds is 4. The van der Waals surface area contributed by atoms with Gasteiger partial charge in [-0.1, -0.05) is 30.3 Å². The fourth-order valence-corrected chi connectivity index (χ4v) is 2.12. The molecule has 0 aliphatic carbocycles. The SMILES string of the molecule is O=c1ccccn1Cc1ccc(Cn2cccn2)cc1. The first kappa shape index (κ1) is 12.4. The lowest BCUT2D eigenvalue weighted by Gasteiger charge is -2.07. The molecule has 0 aliphatic rings. The van der Waals surface area contributed by atoms with Crippen molar-refractivity contribution in [2.45, 2.75) is 13.1 Å². The van der Waals surface area contributed by atoms with E-state index < -0.39 is 0 Å². The van der Waals surface area contributed by atoms with Gasteiger partial charge in [-0.2, -0.15) is 5.10 Å². The predicted octanol–water partition coefficient (Wildman–Crippen LogP) is 2.14. The molecular formula is C16H15N3O. The van der Waals surface area contributed by atoms with Gasteiger partial charge in [0.25, 0.3) is 5.56 Å². The van der Waals surface area contributed by atoms with Gasteiger partial charge in [0, 0.05) is 24.7 Å². The minimum absolute atomic E-state index is 0.0214. The van der Waals surface area contributed by atoms with Crippen LogP contribution in [0.5, 0.6) is 0 Å². The zero-order valence-corrected chi connectivity index (χ0v) is 11.0. The van der Waals surface area contributed by atoms with Crippen LogP contribution in [0, 0.1) is 0 Å². The Bertz CT molecular complexity index is 727. The van der Waals surface area contributed by atoms with Crippen molar-refractivity contribution in [3.05, 3.63) is 88.6 Å². The van der Waals surface area contributed by atoms with Crippen molar-refractivity contribution >= 4 is 0 Å². The second-order valence-corrected chi connectivity index (χ2v) is 4.69. The van der Waals surface area contributed by atoms with E-state index in [2.05, 4.69) is 29.4 Å². The third-order valence-electron chi connectivity index (χ3n) is 3.18. The van der Waals surface area contributed by atoms with Crippen LogP contribution in [0.4, 0.5) is 0 Å². The van der Waals surface area contributed by atoms with Crippen molar-refractivity contribution in [2.24, 2.45) is 0 Å². The molecule has 0 unspecified atom stereocenters. The average molecular weight is 265 g/mol. The second-order valence-electron chi connectivity index (χ2n) is 4.69. The smallest absolute Gasteiger partial charge is 0.250 e. The Morgan fingerprint density at radius 1 is 0.850 bits per heavy atom. The van der Waals surface area contributed by atoms with Gasteiger partial charge in [0.15, 0.2) is 0 Å². The number of pyridine rings is 1. The van der Waals surface area contributed by atoms with Crippen molar-refractivity contribution in [1.29, 1.82) is 0 Å². The van der Waals surface area contributed by atoms with Crippen LogP contribution in [0.15, 0.2) is 71.9 Å². The van der Waals surface area contributed by atoms with Crippen molar-refractivity contribution in [1.82, 2.24) is 14.3 Å². The number of aromatic nitrogens is 3. The predicted molar refractivity (Wildman–Crippen MR) is 77.6 cm³/mol. The first-order valence-corrected chi connectivity index (χ1v) is 6.52. The molecular weight excluding hydrogens is 250 g/mol. The molecule has 2 aromatic heterocycles. The third-order valence-corrected chi connectivity index (χ3v) is 3.18. The van der Waals surface area contributed by atoms with E-state index in [-0.39, 0.29) is 5.56 Å². The molecule has 0 bridgehead atoms. The van der Waals surface area contributed by atoms with Crippen LogP contribution in [0.3, 0.4) is 0 Å². The van der Waals surface area contributed by atoms with Crippen LogP contribution < -0.4 is 5.56 Å². The molecule has 0 N–H and O–H groups in total. The Kier molecular flexibility index (Phi) is 3.46. The van der Waals surface area contributed by atoms with Crippen LogP contribution >= 0.6 is 0 Å². The van der Waals surface area contributed by atoms with Gasteiger partial charge >= 0.3 is 0 Å². The highest BCUT2D eigenvalue weighted by Crippen LogP contribution is 2.07. The Morgan fingerprint density at radius 2 is 1.60 bits per heavy atom. The zero-order valence-electron chi connectivity index (χ0n) is 11.0. The van der Waals surface area contributed by atoms with E-state index in [0.717, 1.165) is 12.1 Å². The van der Waals surface area contributed by atoms with E-state index in [9.17, 15) is 4.79 Å². The highest BCUT2D eigenvalue weighted by molar-refractivity contribution is 5.23. The van der Waals surface area contributed by atoms with Crippen molar-refractivity contribution in [3.63, 3.8) is 0 Å². The van der Waals surface area contributed by atoms with E-state index >= 15 is 0 Å². The van der Waals surface area contributed by atoms with Crippen LogP contribution in [-0.2, 0) is 13.1 Å². The highest BCUT2D eigenvalue weighted by atomic mass is 16.1. The van der Waals surface area contributed by atoms with Crippen LogP contribution in [0.1, 0.15) is 11.1 Å². The van der Waals surface area contributed by atoms with Gasteiger partial charge < -0.3 is 4.57 Å². The quantitative estimate of drug-likeness (QED) is 0.725. The molecule has 4 heteroatoms. The third kappa shape index (κ3) is 2.85. The Labute approximate surface area is 116 Å². The van der Waals surface area contributed by atoms with Gasteiger partial charge in [-0.05, 0) is 23.3 Å². The molecule has 3 rings (SSSR count). The summed E-state index contributed by atoms with van der Waals surface area (Å²) in [6.07, 6.45) is 5.52. The molecule has 0 atom stereocenters. The molecule has 3 aromatic rings. The van der Waals surface area contributed by atoms with Gasteiger partial charge in [-0.25, -0.2) is 0 Å². The normalized spacial score (nSPS) is 10.6. The van der Waals surface area contributed by atoms with Crippen LogP contribution in [0.25, 0.3) is 0 Å². The van der Waals surface area contributed by atoms with Gasteiger partial charge in [0.1, 0.15) is 0 Å². The molecule has 0 aliphatic heterocycles. The van der Waals surface area contributed by atoms with Crippen molar-refractivity contribution in [3.8, 4) is 0 Å². The summed E-state index contributed by atoms with van der Waals surface area (Å²) in [6.45, 7) is 1.36. The molecule has 0 amide bonds. The summed E-state index contributed by atoms with van der Waals surface area (Å²) in [5.74, 6) is 0. The maximum Gasteiger partial charge on any atom is 0.250 e. The zero-order chi connectivity index (χ0) is 13.8. The summed E-state index contributed by atoms with van der Waals surface area (Å²) in [6, 6.07) is 15.4. The molecule has 0 fully saturated rings. The number of hydrogen-bond donors (Lipinski definition) is 0. The number of benzene rings is 1. The molecule has 0 saturated carbocycles. The Balaban J connectivity index is 1.73. The van der Waals surface area contributed by atoms with Crippen molar-refractivity contribution in [2.75, 3.05) is 0 Å². The minimum atomic E-state index is 0.0214. The lowest BCUT2D eigenvalue weighted by atomic mass is 10.1. The summed E-state index contributed by atoms with van der Waals surface area (Å²) < 4.78 is 3.58. The molecule has 0 radical (unpaired) electrons. The summed E-state index contributed by atoms with van der Waals surface area (Å²) >= 11 is 0. The fourth-order valence-electron chi connectivity index (χ4n) is 2.12. The summed E-state index contributed by atoms with van der Waals surface area (Å²) in [4.78, 5) is 11.7. The minimum Gasteiger partial charge on any atom is -0.311 e. The summed E-state index contributed by atoms with van der Waals surface area (Å²) in [5, 5.41) is 4.18. The van der Waals surface area contributed by atoms with E-state index in [4.69, 9.17) is 0 Å². The first-order chi connectivity index (χ1) is 9.81. The standard InChI is InChI=1S/C16H15N3O/c20-16-4-1-2-10-18(16)12-14-5-7-15(8-6-14)13-19-11-3-9-17-19/h1-11H,12-13H2. The fraction of sp³-hybridized carbons (Fsp3) is 0.125. The monoisotopic (exact) mass is 265 g/mol. The van der Waals surface area contributed by atoms with Gasteiger partial charge in [-0.15, -0.1) is 0 Å². The molecule has 1 aromatic carbocycles. The number of nitrogens with zero attached hydrogens (tertiary/aromatic N) is 3. The van der Waals surface area contributed by atoms with Crippen LogP contribution in [-0.4, -0.2) is 14.3 Å². The highest BCUT2D eigenvalue weighted by Gasteiger charge is 1.99. The van der Waals surface area contributed by atoms with E-state index in [1.807, 2.05) is 23.0 Å². The molecule has 0 saturated heterocycles. The van der Waals surface area contributed by atoms with E-state index in [1.54, 1.807) is 29.1 Å².